The van der Waals surface area contributed by atoms with Crippen LogP contribution in [-0.4, -0.2) is 66.3 Å². The second kappa shape index (κ2) is 12.2. The average molecular weight is 513 g/mol. The number of nitrogens with one attached hydrogen (secondary N) is 2. The highest BCUT2D eigenvalue weighted by molar-refractivity contribution is 14.0. The highest BCUT2D eigenvalue weighted by atomic mass is 127. The molecule has 2 heterocycles. The lowest BCUT2D eigenvalue weighted by atomic mass is 9.98. The summed E-state index contributed by atoms with van der Waals surface area (Å²) in [5.74, 6) is 2.57. The van der Waals surface area contributed by atoms with Gasteiger partial charge >= 0.3 is 6.09 Å². The molecule has 0 aliphatic carbocycles. The molecule has 2 saturated heterocycles. The smallest absolute Gasteiger partial charge is 0.410 e. The molecule has 0 aromatic carbocycles. The largest absolute Gasteiger partial charge is 0.444 e. The van der Waals surface area contributed by atoms with Crippen molar-refractivity contribution in [2.75, 3.05) is 38.5 Å². The van der Waals surface area contributed by atoms with E-state index in [2.05, 4.69) is 29.3 Å². The van der Waals surface area contributed by atoms with Gasteiger partial charge in [0, 0.05) is 38.0 Å². The molecule has 6 nitrogen and oxygen atoms in total. The Labute approximate surface area is 186 Å². The zero-order chi connectivity index (χ0) is 19.0. The predicted octanol–water partition coefficient (Wildman–Crippen LogP) is 3.70. The first kappa shape index (κ1) is 24.7. The van der Waals surface area contributed by atoms with Gasteiger partial charge in [-0.2, -0.15) is 11.8 Å². The van der Waals surface area contributed by atoms with Crippen molar-refractivity contribution in [3.05, 3.63) is 0 Å². The summed E-state index contributed by atoms with van der Waals surface area (Å²) >= 11 is 2.05. The molecular weight excluding hydrogens is 475 g/mol. The van der Waals surface area contributed by atoms with Crippen LogP contribution >= 0.6 is 35.7 Å². The normalized spacial score (nSPS) is 23.6. The van der Waals surface area contributed by atoms with E-state index in [1.807, 2.05) is 25.7 Å². The third kappa shape index (κ3) is 9.58. The maximum absolute atomic E-state index is 12.3. The summed E-state index contributed by atoms with van der Waals surface area (Å²) in [6, 6.07) is 0. The Kier molecular flexibility index (Phi) is 11.2. The van der Waals surface area contributed by atoms with Crippen molar-refractivity contribution in [2.24, 2.45) is 10.9 Å². The van der Waals surface area contributed by atoms with E-state index >= 15 is 0 Å². The van der Waals surface area contributed by atoms with Crippen LogP contribution in [0.1, 0.15) is 53.4 Å². The Balaban J connectivity index is 0.00000364. The molecule has 158 valence electrons. The van der Waals surface area contributed by atoms with Crippen molar-refractivity contribution < 1.29 is 9.53 Å². The summed E-state index contributed by atoms with van der Waals surface area (Å²) in [7, 11) is 0. The van der Waals surface area contributed by atoms with Gasteiger partial charge in [0.1, 0.15) is 5.60 Å². The van der Waals surface area contributed by atoms with Gasteiger partial charge < -0.3 is 20.3 Å². The molecule has 0 saturated carbocycles. The van der Waals surface area contributed by atoms with Crippen molar-refractivity contribution >= 4 is 47.8 Å². The SMILES string of the molecule is CCNC(=NCC1CCCN(C(=O)OC(C)(C)C)C1)NCC1CCCS1.I. The number of nitrogens with zero attached hydrogens (tertiary/aromatic N) is 2. The summed E-state index contributed by atoms with van der Waals surface area (Å²) in [6.07, 6.45) is 4.55. The van der Waals surface area contributed by atoms with Crippen LogP contribution in [-0.2, 0) is 4.74 Å². The number of hydrogen-bond donors (Lipinski definition) is 2. The Hall–Kier alpha value is -0.380. The zero-order valence-corrected chi connectivity index (χ0v) is 20.4. The van der Waals surface area contributed by atoms with Gasteiger partial charge in [0.25, 0.3) is 0 Å². The van der Waals surface area contributed by atoms with Crippen molar-refractivity contribution in [3.8, 4) is 0 Å². The number of aliphatic imine (C=N–C) groups is 1. The monoisotopic (exact) mass is 512 g/mol. The van der Waals surface area contributed by atoms with E-state index in [1.165, 1.54) is 18.6 Å². The molecule has 1 amide bonds. The van der Waals surface area contributed by atoms with Crippen LogP contribution in [0.2, 0.25) is 0 Å². The van der Waals surface area contributed by atoms with Gasteiger partial charge in [-0.15, -0.1) is 24.0 Å². The van der Waals surface area contributed by atoms with Gasteiger partial charge in [-0.05, 0) is 65.0 Å². The highest BCUT2D eigenvalue weighted by Gasteiger charge is 2.27. The molecule has 2 fully saturated rings. The van der Waals surface area contributed by atoms with E-state index in [0.717, 1.165) is 51.5 Å². The van der Waals surface area contributed by atoms with Crippen LogP contribution in [0.15, 0.2) is 4.99 Å². The summed E-state index contributed by atoms with van der Waals surface area (Å²) < 4.78 is 5.51. The number of rotatable bonds is 5. The van der Waals surface area contributed by atoms with Crippen LogP contribution < -0.4 is 10.6 Å². The molecular formula is C19H37IN4O2S. The van der Waals surface area contributed by atoms with Gasteiger partial charge in [0.15, 0.2) is 5.96 Å². The standard InChI is InChI=1S/C19H36N4O2S.HI/c1-5-20-17(22-13-16-9-7-11-26-16)21-12-15-8-6-10-23(14-15)18(24)25-19(2,3)4;/h15-16H,5-14H2,1-4H3,(H2,20,21,22);1H. The number of carbonyl (C=O) groups excluding carboxylic acids is 1. The first-order valence-corrected chi connectivity index (χ1v) is 11.0. The fourth-order valence-electron chi connectivity index (χ4n) is 3.28. The van der Waals surface area contributed by atoms with Gasteiger partial charge in [0.2, 0.25) is 0 Å². The van der Waals surface area contributed by atoms with E-state index in [9.17, 15) is 4.79 Å². The number of likely N-dealkylation sites (tertiary alicyclic amines) is 1. The van der Waals surface area contributed by atoms with Crippen LogP contribution in [0.5, 0.6) is 0 Å². The fourth-order valence-corrected chi connectivity index (χ4v) is 4.49. The fraction of sp³-hybridized carbons (Fsp3) is 0.895. The lowest BCUT2D eigenvalue weighted by molar-refractivity contribution is 0.0170. The third-order valence-electron chi connectivity index (χ3n) is 4.54. The molecule has 2 rings (SSSR count). The lowest BCUT2D eigenvalue weighted by Crippen LogP contribution is -2.44. The number of hydrogen-bond acceptors (Lipinski definition) is 4. The molecule has 2 atom stereocenters. The molecule has 0 radical (unpaired) electrons. The minimum Gasteiger partial charge on any atom is -0.444 e. The van der Waals surface area contributed by atoms with Crippen molar-refractivity contribution in [3.63, 3.8) is 0 Å². The molecule has 0 aromatic heterocycles. The Morgan fingerprint density at radius 1 is 1.26 bits per heavy atom. The van der Waals surface area contributed by atoms with Crippen LogP contribution in [0, 0.1) is 5.92 Å². The molecule has 2 aliphatic rings. The third-order valence-corrected chi connectivity index (χ3v) is 5.94. The predicted molar refractivity (Wildman–Crippen MR) is 125 cm³/mol. The summed E-state index contributed by atoms with van der Waals surface area (Å²) in [4.78, 5) is 18.9. The topological polar surface area (TPSA) is 66.0 Å². The molecule has 2 N–H and O–H groups in total. The molecule has 0 bridgehead atoms. The van der Waals surface area contributed by atoms with E-state index in [-0.39, 0.29) is 30.1 Å². The molecule has 8 heteroatoms. The highest BCUT2D eigenvalue weighted by Crippen LogP contribution is 2.25. The molecule has 2 unspecified atom stereocenters. The van der Waals surface area contributed by atoms with Crippen LogP contribution in [0.25, 0.3) is 0 Å². The van der Waals surface area contributed by atoms with Crippen molar-refractivity contribution in [1.29, 1.82) is 0 Å². The van der Waals surface area contributed by atoms with Crippen molar-refractivity contribution in [1.82, 2.24) is 15.5 Å². The quantitative estimate of drug-likeness (QED) is 0.334. The molecule has 2 aliphatic heterocycles. The Bertz CT molecular complexity index is 479. The molecule has 27 heavy (non-hydrogen) atoms. The lowest BCUT2D eigenvalue weighted by Gasteiger charge is -2.33. The van der Waals surface area contributed by atoms with Gasteiger partial charge in [-0.25, -0.2) is 4.79 Å². The minimum atomic E-state index is -0.442. The van der Waals surface area contributed by atoms with Gasteiger partial charge in [-0.3, -0.25) is 4.99 Å². The minimum absolute atomic E-state index is 0. The number of thioether (sulfide) groups is 1. The number of ether oxygens (including phenoxy) is 1. The number of halogens is 1. The summed E-state index contributed by atoms with van der Waals surface area (Å²) in [6.45, 7) is 11.9. The maximum Gasteiger partial charge on any atom is 0.410 e. The van der Waals surface area contributed by atoms with E-state index < -0.39 is 5.60 Å². The van der Waals surface area contributed by atoms with Crippen LogP contribution in [0.4, 0.5) is 4.79 Å². The Morgan fingerprint density at radius 3 is 2.67 bits per heavy atom. The second-order valence-corrected chi connectivity index (χ2v) is 9.58. The number of amides is 1. The van der Waals surface area contributed by atoms with E-state index in [0.29, 0.717) is 11.2 Å². The van der Waals surface area contributed by atoms with Crippen molar-refractivity contribution in [2.45, 2.75) is 64.2 Å². The van der Waals surface area contributed by atoms with Crippen LogP contribution in [0.3, 0.4) is 0 Å². The average Bonchev–Trinajstić information content (AvgIpc) is 3.09. The first-order chi connectivity index (χ1) is 12.4. The zero-order valence-electron chi connectivity index (χ0n) is 17.3. The maximum atomic E-state index is 12.3. The number of piperidine rings is 1. The van der Waals surface area contributed by atoms with E-state index in [4.69, 9.17) is 9.73 Å². The molecule has 0 spiro atoms. The summed E-state index contributed by atoms with van der Waals surface area (Å²) in [5, 5.41) is 7.52. The number of carbonyl (C=O) groups is 1. The van der Waals surface area contributed by atoms with Gasteiger partial charge in [0.05, 0.1) is 0 Å². The Morgan fingerprint density at radius 2 is 2.04 bits per heavy atom. The second-order valence-electron chi connectivity index (χ2n) is 8.17. The van der Waals surface area contributed by atoms with E-state index in [1.54, 1.807) is 0 Å². The number of guanidine groups is 1. The summed E-state index contributed by atoms with van der Waals surface area (Å²) in [5.41, 5.74) is -0.442. The first-order valence-electron chi connectivity index (χ1n) is 9.99. The molecule has 0 aromatic rings. The van der Waals surface area contributed by atoms with Gasteiger partial charge in [-0.1, -0.05) is 0 Å².